The first-order valence-electron chi connectivity index (χ1n) is 11.5. The summed E-state index contributed by atoms with van der Waals surface area (Å²) in [5, 5.41) is 11.5. The first kappa shape index (κ1) is 23.9. The molecule has 0 radical (unpaired) electrons. The minimum Gasteiger partial charge on any atom is -0.461 e. The fourth-order valence-corrected chi connectivity index (χ4v) is 3.94. The highest BCUT2D eigenvalue weighted by Gasteiger charge is 2.36. The second-order valence-electron chi connectivity index (χ2n) is 8.16. The average molecular weight is 478 g/mol. The van der Waals surface area contributed by atoms with Crippen molar-refractivity contribution in [3.05, 3.63) is 65.7 Å². The normalized spacial score (nSPS) is 17.5. The van der Waals surface area contributed by atoms with Gasteiger partial charge in [-0.15, -0.1) is 0 Å². The van der Waals surface area contributed by atoms with Crippen molar-refractivity contribution in [2.24, 2.45) is 5.10 Å². The smallest absolute Gasteiger partial charge is 0.354 e. The van der Waals surface area contributed by atoms with E-state index in [9.17, 15) is 19.2 Å². The number of esters is 1. The molecule has 2 aliphatic rings. The van der Waals surface area contributed by atoms with Crippen LogP contribution in [0, 0.1) is 0 Å². The Kier molecular flexibility index (Phi) is 7.39. The van der Waals surface area contributed by atoms with Gasteiger partial charge in [-0.1, -0.05) is 30.3 Å². The van der Waals surface area contributed by atoms with Gasteiger partial charge < -0.3 is 20.3 Å². The number of carbonyl (C=O) groups is 4. The third-order valence-electron chi connectivity index (χ3n) is 5.74. The lowest BCUT2D eigenvalue weighted by molar-refractivity contribution is -0.135. The fraction of sp³-hybridized carbons (Fsp3) is 0.320. The van der Waals surface area contributed by atoms with Crippen molar-refractivity contribution in [3.63, 3.8) is 0 Å². The lowest BCUT2D eigenvalue weighted by Gasteiger charge is -2.26. The number of nitrogens with one attached hydrogen (secondary N) is 2. The van der Waals surface area contributed by atoms with E-state index in [0.29, 0.717) is 24.3 Å². The van der Waals surface area contributed by atoms with Gasteiger partial charge >= 0.3 is 5.97 Å². The predicted molar refractivity (Wildman–Crippen MR) is 129 cm³/mol. The summed E-state index contributed by atoms with van der Waals surface area (Å²) in [6.45, 7) is 3.15. The number of para-hydroxylation sites is 1. The van der Waals surface area contributed by atoms with Gasteiger partial charge in [0.15, 0.2) is 0 Å². The number of anilines is 1. The van der Waals surface area contributed by atoms with Crippen molar-refractivity contribution in [1.29, 1.82) is 0 Å². The molecule has 0 aliphatic carbocycles. The Morgan fingerprint density at radius 3 is 2.54 bits per heavy atom. The highest BCUT2D eigenvalue weighted by molar-refractivity contribution is 6.38. The monoisotopic (exact) mass is 477 g/mol. The van der Waals surface area contributed by atoms with Gasteiger partial charge in [-0.25, -0.2) is 4.79 Å². The van der Waals surface area contributed by atoms with Crippen molar-refractivity contribution in [2.75, 3.05) is 31.3 Å². The molecule has 2 heterocycles. The topological polar surface area (TPSA) is 120 Å². The van der Waals surface area contributed by atoms with Crippen molar-refractivity contribution >= 4 is 35.1 Å². The minimum absolute atomic E-state index is 0.0474. The second-order valence-corrected chi connectivity index (χ2v) is 8.16. The number of benzene rings is 2. The standard InChI is InChI=1S/C25H27N5O5/c1-2-35-25(34)20-14-21(30(28-20)19-6-4-3-5-7-19)23(32)27-15-17-8-10-18(11-9-17)24(33)29-13-12-26-22(31)16-29/h3-11,21H,2,12-16H2,1H3,(H,26,31)(H,27,32). The number of ether oxygens (including phenoxy) is 1. The van der Waals surface area contributed by atoms with Gasteiger partial charge in [-0.05, 0) is 36.8 Å². The summed E-state index contributed by atoms with van der Waals surface area (Å²) in [5.74, 6) is -1.19. The van der Waals surface area contributed by atoms with E-state index in [4.69, 9.17) is 4.74 Å². The summed E-state index contributed by atoms with van der Waals surface area (Å²) in [6, 6.07) is 15.4. The van der Waals surface area contributed by atoms with E-state index in [0.717, 1.165) is 5.56 Å². The van der Waals surface area contributed by atoms with Crippen LogP contribution in [-0.2, 0) is 25.7 Å². The average Bonchev–Trinajstić information content (AvgIpc) is 3.34. The van der Waals surface area contributed by atoms with Crippen LogP contribution in [-0.4, -0.2) is 66.6 Å². The van der Waals surface area contributed by atoms with Crippen LogP contribution < -0.4 is 15.6 Å². The van der Waals surface area contributed by atoms with Gasteiger partial charge in [0.25, 0.3) is 5.91 Å². The van der Waals surface area contributed by atoms with Gasteiger partial charge in [0, 0.05) is 31.6 Å². The Labute approximate surface area is 202 Å². The molecule has 1 atom stereocenters. The lowest BCUT2D eigenvalue weighted by atomic mass is 10.1. The third kappa shape index (κ3) is 5.65. The largest absolute Gasteiger partial charge is 0.461 e. The minimum atomic E-state index is -0.692. The molecular formula is C25H27N5O5. The van der Waals surface area contributed by atoms with Crippen molar-refractivity contribution in [2.45, 2.75) is 25.9 Å². The number of hydrogen-bond acceptors (Lipinski definition) is 7. The summed E-state index contributed by atoms with van der Waals surface area (Å²) >= 11 is 0. The number of rotatable bonds is 7. The van der Waals surface area contributed by atoms with Crippen molar-refractivity contribution in [3.8, 4) is 0 Å². The summed E-state index contributed by atoms with van der Waals surface area (Å²) in [5.41, 5.74) is 2.18. The maximum Gasteiger partial charge on any atom is 0.354 e. The van der Waals surface area contributed by atoms with Crippen LogP contribution in [0.3, 0.4) is 0 Å². The van der Waals surface area contributed by atoms with Crippen LogP contribution in [0.25, 0.3) is 0 Å². The van der Waals surface area contributed by atoms with Crippen LogP contribution in [0.15, 0.2) is 59.7 Å². The molecule has 2 aromatic carbocycles. The highest BCUT2D eigenvalue weighted by atomic mass is 16.5. The molecule has 0 spiro atoms. The first-order valence-corrected chi connectivity index (χ1v) is 11.5. The molecule has 0 saturated carbocycles. The van der Waals surface area contributed by atoms with Crippen molar-refractivity contribution in [1.82, 2.24) is 15.5 Å². The van der Waals surface area contributed by atoms with Crippen LogP contribution in [0.1, 0.15) is 29.3 Å². The van der Waals surface area contributed by atoms with E-state index < -0.39 is 12.0 Å². The maximum absolute atomic E-state index is 13.1. The van der Waals surface area contributed by atoms with Gasteiger partial charge in [-0.2, -0.15) is 5.10 Å². The Hall–Kier alpha value is -4.21. The molecule has 2 aliphatic heterocycles. The van der Waals surface area contributed by atoms with Crippen molar-refractivity contribution < 1.29 is 23.9 Å². The molecule has 10 nitrogen and oxygen atoms in total. The lowest BCUT2D eigenvalue weighted by Crippen LogP contribution is -2.49. The number of piperazine rings is 1. The van der Waals surface area contributed by atoms with E-state index in [-0.39, 0.29) is 49.6 Å². The van der Waals surface area contributed by atoms with E-state index in [1.165, 1.54) is 9.91 Å². The van der Waals surface area contributed by atoms with Gasteiger partial charge in [0.2, 0.25) is 11.8 Å². The SMILES string of the molecule is CCOC(=O)C1=NN(c2ccccc2)C(C(=O)NCc2ccc(C(=O)N3CCNC(=O)C3)cc2)C1. The molecule has 0 bridgehead atoms. The number of hydrazone groups is 1. The van der Waals surface area contributed by atoms with E-state index in [1.54, 1.807) is 31.2 Å². The van der Waals surface area contributed by atoms with E-state index in [1.807, 2.05) is 30.3 Å². The summed E-state index contributed by atoms with van der Waals surface area (Å²) in [6.07, 6.45) is 0.135. The molecule has 2 aromatic rings. The second kappa shape index (κ2) is 10.8. The molecule has 10 heteroatoms. The van der Waals surface area contributed by atoms with E-state index in [2.05, 4.69) is 15.7 Å². The molecule has 1 fully saturated rings. The zero-order valence-electron chi connectivity index (χ0n) is 19.4. The fourth-order valence-electron chi connectivity index (χ4n) is 3.94. The Bertz CT molecular complexity index is 1130. The summed E-state index contributed by atoms with van der Waals surface area (Å²) in [7, 11) is 0. The molecule has 1 unspecified atom stereocenters. The molecular weight excluding hydrogens is 450 g/mol. The van der Waals surface area contributed by atoms with Crippen LogP contribution in [0.4, 0.5) is 5.69 Å². The predicted octanol–water partition coefficient (Wildman–Crippen LogP) is 1.07. The Morgan fingerprint density at radius 2 is 1.86 bits per heavy atom. The molecule has 35 heavy (non-hydrogen) atoms. The van der Waals surface area contributed by atoms with Crippen LogP contribution >= 0.6 is 0 Å². The zero-order chi connectivity index (χ0) is 24.8. The molecule has 182 valence electrons. The van der Waals surface area contributed by atoms with Gasteiger partial charge in [-0.3, -0.25) is 19.4 Å². The molecule has 1 saturated heterocycles. The molecule has 2 N–H and O–H groups in total. The number of amides is 3. The summed E-state index contributed by atoms with van der Waals surface area (Å²) < 4.78 is 5.07. The number of nitrogens with zero attached hydrogens (tertiary/aromatic N) is 3. The number of hydrogen-bond donors (Lipinski definition) is 2. The highest BCUT2D eigenvalue weighted by Crippen LogP contribution is 2.25. The number of carbonyl (C=O) groups excluding carboxylic acids is 4. The van der Waals surface area contributed by atoms with Gasteiger partial charge in [0.05, 0.1) is 18.8 Å². The zero-order valence-corrected chi connectivity index (χ0v) is 19.4. The quantitative estimate of drug-likeness (QED) is 0.576. The third-order valence-corrected chi connectivity index (χ3v) is 5.74. The summed E-state index contributed by atoms with van der Waals surface area (Å²) in [4.78, 5) is 51.0. The van der Waals surface area contributed by atoms with Gasteiger partial charge in [0.1, 0.15) is 11.8 Å². The Balaban J connectivity index is 1.39. The Morgan fingerprint density at radius 1 is 1.11 bits per heavy atom. The van der Waals surface area contributed by atoms with Crippen LogP contribution in [0.2, 0.25) is 0 Å². The molecule has 0 aromatic heterocycles. The molecule has 3 amide bonds. The van der Waals surface area contributed by atoms with Crippen LogP contribution in [0.5, 0.6) is 0 Å². The van der Waals surface area contributed by atoms with E-state index >= 15 is 0 Å². The maximum atomic E-state index is 13.1. The first-order chi connectivity index (χ1) is 17.0. The molecule has 4 rings (SSSR count).